The Kier molecular flexibility index (Phi) is 7.75. The highest BCUT2D eigenvalue weighted by atomic mass is 17.0. The molecular formula is C14H24N2O10. The van der Waals surface area contributed by atoms with Crippen LogP contribution in [0.15, 0.2) is 0 Å². The molecule has 2 heterocycles. The highest BCUT2D eigenvalue weighted by Crippen LogP contribution is 2.29. The fourth-order valence-electron chi connectivity index (χ4n) is 2.56. The number of hydrogen-bond acceptors (Lipinski definition) is 10. The Labute approximate surface area is 149 Å². The zero-order valence-corrected chi connectivity index (χ0v) is 14.5. The number of rotatable bonds is 15. The molecule has 0 radical (unpaired) electrons. The SMILES string of the molecule is O=[N+]([O-])OCC1(COCCCCOCC2(CO[N+](=O)[O-])COC2)COC1. The molecule has 0 amide bonds. The maximum absolute atomic E-state index is 10.3. The summed E-state index contributed by atoms with van der Waals surface area (Å²) >= 11 is 0. The molecule has 12 heteroatoms. The molecular weight excluding hydrogens is 356 g/mol. The lowest BCUT2D eigenvalue weighted by molar-refractivity contribution is -0.762. The number of ether oxygens (including phenoxy) is 4. The van der Waals surface area contributed by atoms with Gasteiger partial charge in [-0.05, 0) is 12.8 Å². The van der Waals surface area contributed by atoms with Crippen LogP contribution in [-0.4, -0.2) is 76.2 Å². The predicted octanol–water partition coefficient (Wildman–Crippen LogP) is 0.250. The van der Waals surface area contributed by atoms with Gasteiger partial charge in [0.25, 0.3) is 10.2 Å². The van der Waals surface area contributed by atoms with E-state index in [9.17, 15) is 20.2 Å². The normalized spacial score (nSPS) is 19.8. The van der Waals surface area contributed by atoms with Crippen molar-refractivity contribution in [3.63, 3.8) is 0 Å². The molecule has 0 saturated carbocycles. The quantitative estimate of drug-likeness (QED) is 0.220. The summed E-state index contributed by atoms with van der Waals surface area (Å²) in [6.07, 6.45) is 1.53. The Morgan fingerprint density at radius 1 is 0.731 bits per heavy atom. The van der Waals surface area contributed by atoms with E-state index in [4.69, 9.17) is 18.9 Å². The van der Waals surface area contributed by atoms with Crippen LogP contribution in [0.2, 0.25) is 0 Å². The average Bonchev–Trinajstić information content (AvgIpc) is 2.52. The van der Waals surface area contributed by atoms with Gasteiger partial charge in [0.1, 0.15) is 13.2 Å². The van der Waals surface area contributed by atoms with E-state index in [1.807, 2.05) is 0 Å². The van der Waals surface area contributed by atoms with E-state index in [1.54, 1.807) is 0 Å². The van der Waals surface area contributed by atoms with Gasteiger partial charge >= 0.3 is 0 Å². The molecule has 0 N–H and O–H groups in total. The van der Waals surface area contributed by atoms with E-state index in [0.29, 0.717) is 52.9 Å². The summed E-state index contributed by atoms with van der Waals surface area (Å²) in [5, 5.41) is 18.9. The second kappa shape index (κ2) is 9.80. The molecule has 2 saturated heterocycles. The van der Waals surface area contributed by atoms with Crippen LogP contribution in [0.1, 0.15) is 12.8 Å². The first-order valence-electron chi connectivity index (χ1n) is 8.31. The van der Waals surface area contributed by atoms with Crippen molar-refractivity contribution in [1.29, 1.82) is 0 Å². The summed E-state index contributed by atoms with van der Waals surface area (Å²) in [4.78, 5) is 29.4. The van der Waals surface area contributed by atoms with E-state index < -0.39 is 21.0 Å². The fourth-order valence-corrected chi connectivity index (χ4v) is 2.56. The van der Waals surface area contributed by atoms with E-state index in [2.05, 4.69) is 9.68 Å². The van der Waals surface area contributed by atoms with Crippen LogP contribution in [-0.2, 0) is 28.6 Å². The molecule has 0 spiro atoms. The molecule has 2 aliphatic heterocycles. The zero-order valence-electron chi connectivity index (χ0n) is 14.5. The molecule has 0 aromatic heterocycles. The minimum Gasteiger partial charge on any atom is -0.381 e. The first kappa shape index (κ1) is 20.6. The summed E-state index contributed by atoms with van der Waals surface area (Å²) in [6.45, 7) is 3.20. The van der Waals surface area contributed by atoms with Crippen LogP contribution in [0, 0.1) is 31.1 Å². The topological polar surface area (TPSA) is 142 Å². The summed E-state index contributed by atoms with van der Waals surface area (Å²) < 4.78 is 21.3. The highest BCUT2D eigenvalue weighted by molar-refractivity contribution is 4.85. The molecule has 2 fully saturated rings. The standard InChI is InChI=1S/C14H24N2O10/c17-15(18)25-11-13(7-23-8-13)5-21-3-1-2-4-22-6-14(9-24-10-14)12-26-16(19)20/h1-12H2. The molecule has 0 aromatic rings. The van der Waals surface area contributed by atoms with Gasteiger partial charge in [0.2, 0.25) is 0 Å². The summed E-state index contributed by atoms with van der Waals surface area (Å²) in [5.74, 6) is 0. The average molecular weight is 380 g/mol. The molecule has 26 heavy (non-hydrogen) atoms. The van der Waals surface area contributed by atoms with E-state index in [0.717, 1.165) is 12.8 Å². The monoisotopic (exact) mass is 380 g/mol. The Bertz CT molecular complexity index is 425. The third-order valence-electron chi connectivity index (χ3n) is 4.23. The zero-order chi connectivity index (χ0) is 18.9. The minimum absolute atomic E-state index is 0.0283. The van der Waals surface area contributed by atoms with Crippen LogP contribution in [0.3, 0.4) is 0 Å². The molecule has 12 nitrogen and oxygen atoms in total. The van der Waals surface area contributed by atoms with Crippen molar-refractivity contribution < 1.29 is 38.8 Å². The summed E-state index contributed by atoms with van der Waals surface area (Å²) in [6, 6.07) is 0. The number of unbranched alkanes of at least 4 members (excludes halogenated alkanes) is 1. The second-order valence-corrected chi connectivity index (χ2v) is 6.79. The molecule has 0 bridgehead atoms. The van der Waals surface area contributed by atoms with Gasteiger partial charge in [0.15, 0.2) is 0 Å². The van der Waals surface area contributed by atoms with E-state index >= 15 is 0 Å². The second-order valence-electron chi connectivity index (χ2n) is 6.79. The maximum Gasteiger partial charge on any atom is 0.294 e. The van der Waals surface area contributed by atoms with Crippen molar-refractivity contribution in [2.24, 2.45) is 10.8 Å². The van der Waals surface area contributed by atoms with Gasteiger partial charge in [-0.25, -0.2) is 0 Å². The van der Waals surface area contributed by atoms with Crippen molar-refractivity contribution in [3.8, 4) is 0 Å². The molecule has 2 rings (SSSR count). The lowest BCUT2D eigenvalue weighted by Crippen LogP contribution is -2.50. The lowest BCUT2D eigenvalue weighted by atomic mass is 9.88. The van der Waals surface area contributed by atoms with Gasteiger partial charge in [0, 0.05) is 13.2 Å². The van der Waals surface area contributed by atoms with E-state index in [-0.39, 0.29) is 13.2 Å². The van der Waals surface area contributed by atoms with Gasteiger partial charge in [-0.2, -0.15) is 0 Å². The molecule has 150 valence electrons. The van der Waals surface area contributed by atoms with Crippen LogP contribution in [0.4, 0.5) is 0 Å². The van der Waals surface area contributed by atoms with Gasteiger partial charge < -0.3 is 28.6 Å². The smallest absolute Gasteiger partial charge is 0.294 e. The molecule has 0 aromatic carbocycles. The Morgan fingerprint density at radius 3 is 1.38 bits per heavy atom. The molecule has 0 unspecified atom stereocenters. The Hall–Kier alpha value is -1.76. The fraction of sp³-hybridized carbons (Fsp3) is 1.00. The van der Waals surface area contributed by atoms with Gasteiger partial charge in [0.05, 0.1) is 50.5 Å². The maximum atomic E-state index is 10.3. The van der Waals surface area contributed by atoms with Crippen LogP contribution in [0.5, 0.6) is 0 Å². The first-order chi connectivity index (χ1) is 12.5. The minimum atomic E-state index is -0.811. The Morgan fingerprint density at radius 2 is 1.12 bits per heavy atom. The first-order valence-corrected chi connectivity index (χ1v) is 8.31. The third-order valence-corrected chi connectivity index (χ3v) is 4.23. The van der Waals surface area contributed by atoms with Crippen molar-refractivity contribution in [2.75, 3.05) is 66.1 Å². The van der Waals surface area contributed by atoms with Crippen LogP contribution < -0.4 is 0 Å². The van der Waals surface area contributed by atoms with E-state index in [1.165, 1.54) is 0 Å². The van der Waals surface area contributed by atoms with Crippen LogP contribution >= 0.6 is 0 Å². The Balaban J connectivity index is 1.48. The lowest BCUT2D eigenvalue weighted by Gasteiger charge is -2.40. The summed E-state index contributed by atoms with van der Waals surface area (Å²) in [7, 11) is 0. The third kappa shape index (κ3) is 6.52. The number of nitrogens with zero attached hydrogens (tertiary/aromatic N) is 2. The molecule has 0 atom stereocenters. The van der Waals surface area contributed by atoms with Crippen molar-refractivity contribution in [2.45, 2.75) is 12.8 Å². The van der Waals surface area contributed by atoms with Gasteiger partial charge in [-0.1, -0.05) is 0 Å². The van der Waals surface area contributed by atoms with Crippen LogP contribution in [0.25, 0.3) is 0 Å². The largest absolute Gasteiger partial charge is 0.381 e. The van der Waals surface area contributed by atoms with Gasteiger partial charge in [-0.15, -0.1) is 20.2 Å². The highest BCUT2D eigenvalue weighted by Gasteiger charge is 2.41. The summed E-state index contributed by atoms with van der Waals surface area (Å²) in [5.41, 5.74) is -0.867. The van der Waals surface area contributed by atoms with Crippen molar-refractivity contribution in [3.05, 3.63) is 20.2 Å². The van der Waals surface area contributed by atoms with Crippen molar-refractivity contribution >= 4 is 0 Å². The van der Waals surface area contributed by atoms with Crippen molar-refractivity contribution in [1.82, 2.24) is 0 Å². The number of hydrogen-bond donors (Lipinski definition) is 0. The van der Waals surface area contributed by atoms with Gasteiger partial charge in [-0.3, -0.25) is 0 Å². The molecule has 2 aliphatic rings. The predicted molar refractivity (Wildman–Crippen MR) is 83.3 cm³/mol. The molecule has 0 aliphatic carbocycles.